The van der Waals surface area contributed by atoms with Crippen LogP contribution in [-0.4, -0.2) is 55.9 Å². The average molecular weight is 322 g/mol. The van der Waals surface area contributed by atoms with Crippen LogP contribution in [0.4, 0.5) is 0 Å². The van der Waals surface area contributed by atoms with Gasteiger partial charge in [-0.1, -0.05) is 30.3 Å². The third kappa shape index (κ3) is 3.42. The van der Waals surface area contributed by atoms with Crippen LogP contribution in [0.2, 0.25) is 0 Å². The number of hydrogen-bond acceptors (Lipinski definition) is 7. The molecule has 23 heavy (non-hydrogen) atoms. The molecule has 8 heteroatoms. The summed E-state index contributed by atoms with van der Waals surface area (Å²) in [6, 6.07) is 10.6. The lowest BCUT2D eigenvalue weighted by Gasteiger charge is -2.41. The van der Waals surface area contributed by atoms with Gasteiger partial charge < -0.3 is 20.1 Å². The highest BCUT2D eigenvalue weighted by molar-refractivity contribution is 5.25. The molecule has 2 atom stereocenters. The Morgan fingerprint density at radius 1 is 1.17 bits per heavy atom. The number of benzene rings is 1. The van der Waals surface area contributed by atoms with E-state index in [2.05, 4.69) is 5.10 Å². The van der Waals surface area contributed by atoms with Crippen molar-refractivity contribution < 1.29 is 20.1 Å². The molecule has 0 aliphatic carbocycles. The van der Waals surface area contributed by atoms with Crippen LogP contribution in [0, 0.1) is 0 Å². The Morgan fingerprint density at radius 3 is 2.26 bits per heavy atom. The maximum Gasteiger partial charge on any atom is 0.339 e. The number of nitrogens with zero attached hydrogens (tertiary/aromatic N) is 3. The summed E-state index contributed by atoms with van der Waals surface area (Å²) in [5.74, 6) is -5.54. The molecule has 2 aromatic rings. The Balaban J connectivity index is 2.42. The van der Waals surface area contributed by atoms with Gasteiger partial charge >= 0.3 is 5.97 Å². The summed E-state index contributed by atoms with van der Waals surface area (Å²) in [6.07, 6.45) is 0.666. The zero-order valence-electron chi connectivity index (χ0n) is 13.3. The van der Waals surface area contributed by atoms with E-state index < -0.39 is 17.9 Å². The van der Waals surface area contributed by atoms with Crippen molar-refractivity contribution in [1.29, 1.82) is 0 Å². The van der Waals surface area contributed by atoms with Crippen molar-refractivity contribution in [3.63, 3.8) is 0 Å². The van der Waals surface area contributed by atoms with Crippen molar-refractivity contribution in [3.05, 3.63) is 53.9 Å². The molecule has 0 spiro atoms. The summed E-state index contributed by atoms with van der Waals surface area (Å²) in [5, 5.41) is 34.6. The van der Waals surface area contributed by atoms with Gasteiger partial charge in [-0.25, -0.2) is 0 Å². The number of ether oxygens (including phenoxy) is 1. The highest BCUT2D eigenvalue weighted by Gasteiger charge is 2.51. The van der Waals surface area contributed by atoms with E-state index in [0.717, 1.165) is 4.90 Å². The number of nitrogens with two attached hydrogens (primary N) is 1. The van der Waals surface area contributed by atoms with Crippen LogP contribution in [0.5, 0.6) is 0 Å². The fraction of sp³-hybridized carbons (Fsp3) is 0.400. The van der Waals surface area contributed by atoms with E-state index in [-0.39, 0.29) is 0 Å². The van der Waals surface area contributed by atoms with Gasteiger partial charge in [-0.3, -0.25) is 15.3 Å². The van der Waals surface area contributed by atoms with E-state index >= 15 is 0 Å². The summed E-state index contributed by atoms with van der Waals surface area (Å²) in [4.78, 5) is 1.04. The number of rotatable bonds is 6. The van der Waals surface area contributed by atoms with Crippen molar-refractivity contribution in [3.8, 4) is 0 Å². The third-order valence-corrected chi connectivity index (χ3v) is 3.67. The molecule has 2 unspecified atom stereocenters. The van der Waals surface area contributed by atoms with Gasteiger partial charge in [0.25, 0.3) is 5.85 Å². The van der Waals surface area contributed by atoms with Crippen molar-refractivity contribution in [2.75, 3.05) is 14.1 Å². The van der Waals surface area contributed by atoms with Crippen LogP contribution in [0.25, 0.3) is 0 Å². The molecule has 0 aliphatic rings. The van der Waals surface area contributed by atoms with Gasteiger partial charge in [-0.05, 0) is 25.7 Å². The first kappa shape index (κ1) is 17.5. The minimum absolute atomic E-state index is 0.568. The van der Waals surface area contributed by atoms with Crippen molar-refractivity contribution in [2.45, 2.75) is 17.9 Å². The molecule has 0 amide bonds. The minimum Gasteiger partial charge on any atom is -0.357 e. The third-order valence-electron chi connectivity index (χ3n) is 3.67. The highest BCUT2D eigenvalue weighted by Crippen LogP contribution is 2.32. The van der Waals surface area contributed by atoms with Crippen LogP contribution < -0.4 is 5.73 Å². The second kappa shape index (κ2) is 6.36. The molecular weight excluding hydrogens is 300 g/mol. The van der Waals surface area contributed by atoms with E-state index in [9.17, 15) is 15.3 Å². The van der Waals surface area contributed by atoms with Crippen molar-refractivity contribution in [1.82, 2.24) is 14.7 Å². The molecule has 0 saturated carbocycles. The topological polar surface area (TPSA) is 117 Å². The largest absolute Gasteiger partial charge is 0.357 e. The second-order valence-electron chi connectivity index (χ2n) is 5.52. The lowest BCUT2D eigenvalue weighted by molar-refractivity contribution is -0.443. The Kier molecular flexibility index (Phi) is 4.85. The zero-order chi connectivity index (χ0) is 17.3. The van der Waals surface area contributed by atoms with E-state index in [1.54, 1.807) is 48.3 Å². The van der Waals surface area contributed by atoms with E-state index in [0.29, 0.717) is 11.3 Å². The van der Waals surface area contributed by atoms with Crippen LogP contribution in [0.15, 0.2) is 42.6 Å². The number of aryl methyl sites for hydroxylation is 1. The van der Waals surface area contributed by atoms with Crippen molar-refractivity contribution in [2.24, 2.45) is 12.8 Å². The van der Waals surface area contributed by atoms with Crippen molar-refractivity contribution >= 4 is 0 Å². The number of aromatic nitrogens is 2. The van der Waals surface area contributed by atoms with Gasteiger partial charge in [0, 0.05) is 13.2 Å². The van der Waals surface area contributed by atoms with Crippen LogP contribution >= 0.6 is 0 Å². The normalized spacial score (nSPS) is 16.3. The Bertz CT molecular complexity index is 640. The smallest absolute Gasteiger partial charge is 0.339 e. The van der Waals surface area contributed by atoms with E-state index in [1.165, 1.54) is 14.1 Å². The monoisotopic (exact) mass is 322 g/mol. The zero-order valence-corrected chi connectivity index (χ0v) is 13.3. The predicted molar refractivity (Wildman–Crippen MR) is 82.6 cm³/mol. The first-order valence-electron chi connectivity index (χ1n) is 7.01. The summed E-state index contributed by atoms with van der Waals surface area (Å²) in [7, 11) is 4.49. The molecule has 1 heterocycles. The molecule has 1 aromatic heterocycles. The molecule has 0 aliphatic heterocycles. The van der Waals surface area contributed by atoms with Gasteiger partial charge in [-0.15, -0.1) is 0 Å². The standard InChI is InChI=1S/C15H22N4O4/c1-18(2)14(16,20)15(21,22)23-13(11-7-5-4-6-8-11)12-9-10-17-19(12)3/h4-10,13,20-22H,16H2,1-3H3. The lowest BCUT2D eigenvalue weighted by atomic mass is 10.1. The molecular formula is C15H22N4O4. The maximum atomic E-state index is 10.2. The molecule has 0 saturated heterocycles. The molecule has 2 rings (SSSR count). The number of likely N-dealkylation sites (N-methyl/N-ethyl adjacent to an activating group) is 1. The van der Waals surface area contributed by atoms with Crippen LogP contribution in [-0.2, 0) is 11.8 Å². The molecule has 0 radical (unpaired) electrons. The molecule has 0 fully saturated rings. The molecule has 1 aromatic carbocycles. The predicted octanol–water partition coefficient (Wildman–Crippen LogP) is -0.669. The Labute approximate surface area is 134 Å². The van der Waals surface area contributed by atoms with Crippen LogP contribution in [0.1, 0.15) is 17.4 Å². The summed E-state index contributed by atoms with van der Waals surface area (Å²) >= 11 is 0. The van der Waals surface area contributed by atoms with Gasteiger partial charge in [0.2, 0.25) is 0 Å². The molecule has 5 N–H and O–H groups in total. The first-order chi connectivity index (χ1) is 10.7. The summed E-state index contributed by atoms with van der Waals surface area (Å²) in [6.45, 7) is 0. The fourth-order valence-corrected chi connectivity index (χ4v) is 2.11. The Hall–Kier alpha value is -1.81. The summed E-state index contributed by atoms with van der Waals surface area (Å²) in [5.41, 5.74) is 6.81. The van der Waals surface area contributed by atoms with Crippen LogP contribution in [0.3, 0.4) is 0 Å². The maximum absolute atomic E-state index is 10.2. The second-order valence-corrected chi connectivity index (χ2v) is 5.52. The molecule has 8 nitrogen and oxygen atoms in total. The van der Waals surface area contributed by atoms with E-state index in [1.807, 2.05) is 6.07 Å². The quantitative estimate of drug-likeness (QED) is 0.521. The molecule has 126 valence electrons. The van der Waals surface area contributed by atoms with Gasteiger partial charge in [-0.2, -0.15) is 5.10 Å². The first-order valence-corrected chi connectivity index (χ1v) is 7.01. The average Bonchev–Trinajstić information content (AvgIpc) is 2.91. The Morgan fingerprint density at radius 2 is 1.78 bits per heavy atom. The SMILES string of the molecule is CN(C)C(N)(O)C(O)(O)OC(c1ccccc1)c1ccnn1C. The number of aliphatic hydroxyl groups is 3. The fourth-order valence-electron chi connectivity index (χ4n) is 2.11. The van der Waals surface area contributed by atoms with Gasteiger partial charge in [0.1, 0.15) is 6.10 Å². The van der Waals surface area contributed by atoms with Gasteiger partial charge in [0.05, 0.1) is 5.69 Å². The minimum atomic E-state index is -3.03. The highest BCUT2D eigenvalue weighted by atomic mass is 16.8. The summed E-state index contributed by atoms with van der Waals surface area (Å²) < 4.78 is 6.95. The number of hydrogen-bond donors (Lipinski definition) is 4. The molecule has 0 bridgehead atoms. The van der Waals surface area contributed by atoms with Gasteiger partial charge in [0.15, 0.2) is 0 Å². The lowest BCUT2D eigenvalue weighted by Crippen LogP contribution is -2.69. The van der Waals surface area contributed by atoms with E-state index in [4.69, 9.17) is 10.5 Å².